The highest BCUT2D eigenvalue weighted by molar-refractivity contribution is 5.58. The third-order valence-electron chi connectivity index (χ3n) is 3.98. The maximum Gasteiger partial charge on any atom is 0.214 e. The second-order valence-electron chi connectivity index (χ2n) is 7.42. The summed E-state index contributed by atoms with van der Waals surface area (Å²) in [6.07, 6.45) is 5.27. The van der Waals surface area contributed by atoms with Gasteiger partial charge in [-0.25, -0.2) is 15.0 Å². The Labute approximate surface area is 160 Å². The minimum absolute atomic E-state index is 0.280. The van der Waals surface area contributed by atoms with E-state index in [1.54, 1.807) is 18.6 Å². The van der Waals surface area contributed by atoms with E-state index >= 15 is 0 Å². The highest BCUT2D eigenvalue weighted by Crippen LogP contribution is 2.22. The van der Waals surface area contributed by atoms with Crippen LogP contribution < -0.4 is 10.1 Å². The van der Waals surface area contributed by atoms with Crippen molar-refractivity contribution in [2.75, 3.05) is 5.32 Å². The van der Waals surface area contributed by atoms with Gasteiger partial charge in [0.05, 0.1) is 0 Å². The summed E-state index contributed by atoms with van der Waals surface area (Å²) in [5, 5.41) is 3.42. The zero-order valence-electron chi connectivity index (χ0n) is 16.4. The summed E-state index contributed by atoms with van der Waals surface area (Å²) in [6, 6.07) is 7.76. The number of nitrogens with zero attached hydrogens (tertiary/aromatic N) is 4. The molecule has 0 radical (unpaired) electrons. The molecule has 0 amide bonds. The Bertz CT molecular complexity index is 920. The highest BCUT2D eigenvalue weighted by atomic mass is 16.5. The number of rotatable bonds is 5. The monoisotopic (exact) mass is 363 g/mol. The number of aryl methyl sites for hydroxylation is 1. The van der Waals surface area contributed by atoms with Crippen LogP contribution in [0.2, 0.25) is 0 Å². The fourth-order valence-electron chi connectivity index (χ4n) is 2.54. The summed E-state index contributed by atoms with van der Waals surface area (Å²) >= 11 is 0. The zero-order valence-corrected chi connectivity index (χ0v) is 16.4. The van der Waals surface area contributed by atoms with E-state index in [4.69, 9.17) is 9.72 Å². The Morgan fingerprint density at radius 3 is 2.59 bits per heavy atom. The number of anilines is 1. The SMILES string of the molecule is Cc1nc(-c2cccnc2)nc(NCc2ccnc(OC(C)(C)C)c2)c1C. The second-order valence-corrected chi connectivity index (χ2v) is 7.42. The molecule has 6 nitrogen and oxygen atoms in total. The average Bonchev–Trinajstić information content (AvgIpc) is 2.62. The van der Waals surface area contributed by atoms with Crippen molar-refractivity contribution in [1.29, 1.82) is 0 Å². The maximum atomic E-state index is 5.84. The van der Waals surface area contributed by atoms with E-state index in [1.165, 1.54) is 0 Å². The van der Waals surface area contributed by atoms with Crippen molar-refractivity contribution in [2.24, 2.45) is 0 Å². The average molecular weight is 363 g/mol. The van der Waals surface area contributed by atoms with Gasteiger partial charge in [-0.1, -0.05) is 0 Å². The van der Waals surface area contributed by atoms with Gasteiger partial charge in [0.25, 0.3) is 0 Å². The molecular weight excluding hydrogens is 338 g/mol. The quantitative estimate of drug-likeness (QED) is 0.727. The first-order valence-electron chi connectivity index (χ1n) is 8.95. The lowest BCUT2D eigenvalue weighted by molar-refractivity contribution is 0.124. The van der Waals surface area contributed by atoms with Crippen LogP contribution in [-0.4, -0.2) is 25.5 Å². The molecule has 3 aromatic rings. The fourth-order valence-corrected chi connectivity index (χ4v) is 2.54. The standard InChI is InChI=1S/C21H25N5O/c1-14-15(2)25-20(17-7-6-9-22-13-17)26-19(14)24-12-16-8-10-23-18(11-16)27-21(3,4)5/h6-11,13H,12H2,1-5H3,(H,24,25,26). The number of hydrogen-bond acceptors (Lipinski definition) is 6. The summed E-state index contributed by atoms with van der Waals surface area (Å²) < 4.78 is 5.84. The summed E-state index contributed by atoms with van der Waals surface area (Å²) in [4.78, 5) is 17.7. The largest absolute Gasteiger partial charge is 0.472 e. The van der Waals surface area contributed by atoms with Gasteiger partial charge >= 0.3 is 0 Å². The Balaban J connectivity index is 1.80. The van der Waals surface area contributed by atoms with E-state index in [9.17, 15) is 0 Å². The van der Waals surface area contributed by atoms with Crippen molar-refractivity contribution < 1.29 is 4.74 Å². The van der Waals surface area contributed by atoms with Crippen molar-refractivity contribution in [2.45, 2.75) is 46.8 Å². The first-order valence-corrected chi connectivity index (χ1v) is 8.95. The molecule has 3 heterocycles. The van der Waals surface area contributed by atoms with E-state index in [2.05, 4.69) is 20.3 Å². The van der Waals surface area contributed by atoms with Crippen LogP contribution in [0.5, 0.6) is 5.88 Å². The van der Waals surface area contributed by atoms with Crippen LogP contribution in [0.4, 0.5) is 5.82 Å². The summed E-state index contributed by atoms with van der Waals surface area (Å²) in [5.41, 5.74) is 3.66. The molecule has 0 atom stereocenters. The second kappa shape index (κ2) is 7.70. The van der Waals surface area contributed by atoms with Gasteiger partial charge in [0, 0.05) is 48.0 Å². The van der Waals surface area contributed by atoms with E-state index in [0.717, 1.165) is 28.2 Å². The van der Waals surface area contributed by atoms with E-state index < -0.39 is 0 Å². The third-order valence-corrected chi connectivity index (χ3v) is 3.98. The Kier molecular flexibility index (Phi) is 5.35. The van der Waals surface area contributed by atoms with Crippen LogP contribution in [0, 0.1) is 13.8 Å². The number of pyridine rings is 2. The van der Waals surface area contributed by atoms with Gasteiger partial charge in [-0.05, 0) is 58.4 Å². The van der Waals surface area contributed by atoms with Gasteiger partial charge in [-0.15, -0.1) is 0 Å². The van der Waals surface area contributed by atoms with Crippen molar-refractivity contribution in [1.82, 2.24) is 19.9 Å². The summed E-state index contributed by atoms with van der Waals surface area (Å²) in [6.45, 7) is 10.6. The highest BCUT2D eigenvalue weighted by Gasteiger charge is 2.13. The van der Waals surface area contributed by atoms with E-state index in [-0.39, 0.29) is 5.60 Å². The van der Waals surface area contributed by atoms with Gasteiger partial charge in [-0.3, -0.25) is 4.98 Å². The molecule has 3 rings (SSSR count). The van der Waals surface area contributed by atoms with Gasteiger partial charge < -0.3 is 10.1 Å². The molecule has 3 aromatic heterocycles. The lowest BCUT2D eigenvalue weighted by Crippen LogP contribution is -2.23. The Morgan fingerprint density at radius 2 is 1.89 bits per heavy atom. The third kappa shape index (κ3) is 5.00. The van der Waals surface area contributed by atoms with Crippen LogP contribution >= 0.6 is 0 Å². The number of ether oxygens (including phenoxy) is 1. The molecule has 0 aliphatic heterocycles. The number of aromatic nitrogens is 4. The van der Waals surface area contributed by atoms with Crippen molar-refractivity contribution >= 4 is 5.82 Å². The van der Waals surface area contributed by atoms with Crippen LogP contribution in [0.3, 0.4) is 0 Å². The van der Waals surface area contributed by atoms with Crippen LogP contribution in [0.15, 0.2) is 42.9 Å². The molecule has 27 heavy (non-hydrogen) atoms. The van der Waals surface area contributed by atoms with Gasteiger partial charge in [0.15, 0.2) is 5.82 Å². The normalized spacial score (nSPS) is 11.3. The molecule has 0 saturated heterocycles. The molecule has 0 aliphatic rings. The van der Waals surface area contributed by atoms with E-state index in [1.807, 2.05) is 58.9 Å². The molecule has 0 bridgehead atoms. The van der Waals surface area contributed by atoms with Gasteiger partial charge in [0.1, 0.15) is 11.4 Å². The molecule has 0 unspecified atom stereocenters. The van der Waals surface area contributed by atoms with E-state index in [0.29, 0.717) is 18.2 Å². The first kappa shape index (κ1) is 18.8. The first-order chi connectivity index (χ1) is 12.8. The van der Waals surface area contributed by atoms with Crippen molar-refractivity contribution in [3.05, 3.63) is 59.7 Å². The number of nitrogens with one attached hydrogen (secondary N) is 1. The topological polar surface area (TPSA) is 72.8 Å². The molecule has 0 aromatic carbocycles. The molecular formula is C21H25N5O. The maximum absolute atomic E-state index is 5.84. The molecule has 6 heteroatoms. The predicted octanol–water partition coefficient (Wildman–Crippen LogP) is 4.34. The van der Waals surface area contributed by atoms with Crippen molar-refractivity contribution in [3.63, 3.8) is 0 Å². The summed E-state index contributed by atoms with van der Waals surface area (Å²) in [7, 11) is 0. The zero-order chi connectivity index (χ0) is 19.4. The molecule has 0 fully saturated rings. The Morgan fingerprint density at radius 1 is 1.07 bits per heavy atom. The predicted molar refractivity (Wildman–Crippen MR) is 107 cm³/mol. The minimum Gasteiger partial charge on any atom is -0.472 e. The molecule has 0 aliphatic carbocycles. The number of hydrogen-bond donors (Lipinski definition) is 1. The van der Waals surface area contributed by atoms with Crippen LogP contribution in [0.1, 0.15) is 37.6 Å². The molecule has 0 saturated carbocycles. The van der Waals surface area contributed by atoms with Crippen LogP contribution in [-0.2, 0) is 6.54 Å². The Hall–Kier alpha value is -3.02. The summed E-state index contributed by atoms with van der Waals surface area (Å²) in [5.74, 6) is 2.10. The van der Waals surface area contributed by atoms with Crippen molar-refractivity contribution in [3.8, 4) is 17.3 Å². The van der Waals surface area contributed by atoms with Gasteiger partial charge in [-0.2, -0.15) is 0 Å². The van der Waals surface area contributed by atoms with Gasteiger partial charge in [0.2, 0.25) is 5.88 Å². The van der Waals surface area contributed by atoms with Crippen LogP contribution in [0.25, 0.3) is 11.4 Å². The minimum atomic E-state index is -0.280. The molecule has 1 N–H and O–H groups in total. The molecule has 0 spiro atoms. The smallest absolute Gasteiger partial charge is 0.214 e. The molecule has 140 valence electrons. The lowest BCUT2D eigenvalue weighted by atomic mass is 10.2. The lowest BCUT2D eigenvalue weighted by Gasteiger charge is -2.20. The fraction of sp³-hybridized carbons (Fsp3) is 0.333.